The molecular formula is C15H11F3N2O. The molecule has 0 unspecified atom stereocenters. The lowest BCUT2D eigenvalue weighted by atomic mass is 10.0. The summed E-state index contributed by atoms with van der Waals surface area (Å²) < 4.78 is 42.8. The van der Waals surface area contributed by atoms with Crippen LogP contribution in [0.3, 0.4) is 0 Å². The molecular weight excluding hydrogens is 281 g/mol. The van der Waals surface area contributed by atoms with Crippen LogP contribution in [0.2, 0.25) is 0 Å². The highest BCUT2D eigenvalue weighted by molar-refractivity contribution is 5.87. The first-order chi connectivity index (χ1) is 9.97. The van der Waals surface area contributed by atoms with Gasteiger partial charge < -0.3 is 4.74 Å². The molecule has 2 aromatic carbocycles. The van der Waals surface area contributed by atoms with Crippen LogP contribution in [0.4, 0.5) is 13.2 Å². The van der Waals surface area contributed by atoms with Crippen LogP contribution in [-0.4, -0.2) is 17.3 Å². The van der Waals surface area contributed by atoms with E-state index < -0.39 is 11.9 Å². The van der Waals surface area contributed by atoms with E-state index in [9.17, 15) is 13.2 Å². The summed E-state index contributed by atoms with van der Waals surface area (Å²) in [5.74, 6) is 0.731. The Morgan fingerprint density at radius 2 is 1.71 bits per heavy atom. The first kappa shape index (κ1) is 13.5. The van der Waals surface area contributed by atoms with Gasteiger partial charge in [0.25, 0.3) is 0 Å². The summed E-state index contributed by atoms with van der Waals surface area (Å²) in [6, 6.07) is 11.9. The van der Waals surface area contributed by atoms with Gasteiger partial charge in [0, 0.05) is 5.56 Å². The molecule has 0 saturated carbocycles. The number of fused-ring (bicyclic) bond motifs is 1. The first-order valence-electron chi connectivity index (χ1n) is 6.18. The lowest BCUT2D eigenvalue weighted by Gasteiger charge is -2.04. The SMILES string of the molecule is COc1ccc2cc(-c3cc(C(F)(F)F)[nH]n3)ccc2c1. The van der Waals surface area contributed by atoms with Crippen LogP contribution in [0, 0.1) is 0 Å². The van der Waals surface area contributed by atoms with Crippen molar-refractivity contribution in [1.82, 2.24) is 10.2 Å². The van der Waals surface area contributed by atoms with Crippen molar-refractivity contribution in [2.24, 2.45) is 0 Å². The van der Waals surface area contributed by atoms with Crippen LogP contribution in [0.15, 0.2) is 42.5 Å². The molecule has 0 spiro atoms. The smallest absolute Gasteiger partial charge is 0.432 e. The van der Waals surface area contributed by atoms with Gasteiger partial charge in [0.15, 0.2) is 0 Å². The molecule has 3 aromatic rings. The van der Waals surface area contributed by atoms with Gasteiger partial charge in [-0.2, -0.15) is 18.3 Å². The van der Waals surface area contributed by atoms with Crippen LogP contribution >= 0.6 is 0 Å². The third-order valence-electron chi connectivity index (χ3n) is 3.23. The van der Waals surface area contributed by atoms with Gasteiger partial charge in [-0.25, -0.2) is 0 Å². The minimum atomic E-state index is -4.42. The van der Waals surface area contributed by atoms with Gasteiger partial charge in [0.1, 0.15) is 11.4 Å². The molecule has 0 aliphatic heterocycles. The molecule has 1 N–H and O–H groups in total. The van der Waals surface area contributed by atoms with Crippen molar-refractivity contribution in [2.45, 2.75) is 6.18 Å². The van der Waals surface area contributed by atoms with Gasteiger partial charge in [-0.1, -0.05) is 18.2 Å². The second kappa shape index (κ2) is 4.80. The van der Waals surface area contributed by atoms with Gasteiger partial charge in [-0.3, -0.25) is 5.10 Å². The molecule has 0 radical (unpaired) electrons. The number of alkyl halides is 3. The number of methoxy groups -OCH3 is 1. The Hall–Kier alpha value is -2.50. The molecule has 0 fully saturated rings. The molecule has 3 nitrogen and oxygen atoms in total. The van der Waals surface area contributed by atoms with Gasteiger partial charge in [-0.15, -0.1) is 0 Å². The van der Waals surface area contributed by atoms with Crippen molar-refractivity contribution < 1.29 is 17.9 Å². The van der Waals surface area contributed by atoms with Crippen LogP contribution in [0.1, 0.15) is 5.69 Å². The minimum Gasteiger partial charge on any atom is -0.497 e. The highest BCUT2D eigenvalue weighted by Gasteiger charge is 2.33. The zero-order valence-electron chi connectivity index (χ0n) is 11.0. The molecule has 0 aliphatic rings. The lowest BCUT2D eigenvalue weighted by Crippen LogP contribution is -2.04. The summed E-state index contributed by atoms with van der Waals surface area (Å²) in [5, 5.41) is 7.60. The first-order valence-corrected chi connectivity index (χ1v) is 6.18. The highest BCUT2D eigenvalue weighted by Crippen LogP contribution is 2.31. The van der Waals surface area contributed by atoms with Gasteiger partial charge >= 0.3 is 6.18 Å². The molecule has 1 heterocycles. The fraction of sp³-hybridized carbons (Fsp3) is 0.133. The van der Waals surface area contributed by atoms with Crippen LogP contribution in [-0.2, 0) is 6.18 Å². The third-order valence-corrected chi connectivity index (χ3v) is 3.23. The van der Waals surface area contributed by atoms with E-state index in [0.717, 1.165) is 22.6 Å². The fourth-order valence-corrected chi connectivity index (χ4v) is 2.12. The number of nitrogens with one attached hydrogen (secondary N) is 1. The molecule has 1 aromatic heterocycles. The second-order valence-corrected chi connectivity index (χ2v) is 4.59. The summed E-state index contributed by atoms with van der Waals surface area (Å²) >= 11 is 0. The average Bonchev–Trinajstić information content (AvgIpc) is 2.96. The van der Waals surface area contributed by atoms with Crippen LogP contribution in [0.25, 0.3) is 22.0 Å². The number of aromatic amines is 1. The molecule has 0 amide bonds. The fourth-order valence-electron chi connectivity index (χ4n) is 2.12. The van der Waals surface area contributed by atoms with E-state index in [4.69, 9.17) is 4.74 Å². The second-order valence-electron chi connectivity index (χ2n) is 4.59. The maximum Gasteiger partial charge on any atom is 0.432 e. The lowest BCUT2D eigenvalue weighted by molar-refractivity contribution is -0.141. The molecule has 3 rings (SSSR count). The number of H-pyrrole nitrogens is 1. The number of ether oxygens (including phenoxy) is 1. The molecule has 6 heteroatoms. The van der Waals surface area contributed by atoms with Gasteiger partial charge in [0.05, 0.1) is 12.8 Å². The zero-order chi connectivity index (χ0) is 15.0. The van der Waals surface area contributed by atoms with Crippen molar-refractivity contribution in [3.05, 3.63) is 48.2 Å². The Bertz CT molecular complexity index is 793. The van der Waals surface area contributed by atoms with Gasteiger partial charge in [0.2, 0.25) is 0 Å². The van der Waals surface area contributed by atoms with E-state index >= 15 is 0 Å². The van der Waals surface area contributed by atoms with Crippen molar-refractivity contribution in [3.8, 4) is 17.0 Å². The van der Waals surface area contributed by atoms with E-state index in [1.807, 2.05) is 23.3 Å². The Morgan fingerprint density at radius 1 is 1.00 bits per heavy atom. The maximum absolute atomic E-state index is 12.6. The van der Waals surface area contributed by atoms with Crippen molar-refractivity contribution in [2.75, 3.05) is 7.11 Å². The Balaban J connectivity index is 2.03. The molecule has 0 aliphatic carbocycles. The van der Waals surface area contributed by atoms with E-state index in [1.165, 1.54) is 0 Å². The topological polar surface area (TPSA) is 37.9 Å². The third kappa shape index (κ3) is 2.56. The monoisotopic (exact) mass is 292 g/mol. The molecule has 21 heavy (non-hydrogen) atoms. The number of rotatable bonds is 2. The largest absolute Gasteiger partial charge is 0.497 e. The maximum atomic E-state index is 12.6. The predicted octanol–water partition coefficient (Wildman–Crippen LogP) is 4.26. The summed E-state index contributed by atoms with van der Waals surface area (Å²) in [4.78, 5) is 0. The standard InChI is InChI=1S/C15H11F3N2O/c1-21-12-5-4-9-6-11(3-2-10(9)7-12)13-8-14(20-19-13)15(16,17)18/h2-8H,1H3,(H,19,20). The normalized spacial score (nSPS) is 11.8. The molecule has 0 bridgehead atoms. The van der Waals surface area contributed by atoms with Crippen molar-refractivity contribution in [1.29, 1.82) is 0 Å². The molecule has 0 saturated heterocycles. The number of benzene rings is 2. The van der Waals surface area contributed by atoms with E-state index in [2.05, 4.69) is 5.10 Å². The zero-order valence-corrected chi connectivity index (χ0v) is 11.0. The summed E-state index contributed by atoms with van der Waals surface area (Å²) in [6.07, 6.45) is -4.42. The number of hydrogen-bond acceptors (Lipinski definition) is 2. The summed E-state index contributed by atoms with van der Waals surface area (Å²) in [6.45, 7) is 0. The van der Waals surface area contributed by atoms with E-state index in [1.54, 1.807) is 25.3 Å². The minimum absolute atomic E-state index is 0.264. The Labute approximate surface area is 118 Å². The number of aromatic nitrogens is 2. The van der Waals surface area contributed by atoms with Crippen LogP contribution in [0.5, 0.6) is 5.75 Å². The molecule has 0 atom stereocenters. The van der Waals surface area contributed by atoms with E-state index in [-0.39, 0.29) is 5.69 Å². The van der Waals surface area contributed by atoms with E-state index in [0.29, 0.717) is 5.56 Å². The summed E-state index contributed by atoms with van der Waals surface area (Å²) in [5.41, 5.74) is 0.0341. The molecule has 108 valence electrons. The van der Waals surface area contributed by atoms with Gasteiger partial charge in [-0.05, 0) is 35.0 Å². The summed E-state index contributed by atoms with van der Waals surface area (Å²) in [7, 11) is 1.58. The van der Waals surface area contributed by atoms with Crippen molar-refractivity contribution in [3.63, 3.8) is 0 Å². The Morgan fingerprint density at radius 3 is 2.38 bits per heavy atom. The van der Waals surface area contributed by atoms with Crippen LogP contribution < -0.4 is 4.74 Å². The average molecular weight is 292 g/mol. The van der Waals surface area contributed by atoms with Crippen molar-refractivity contribution >= 4 is 10.8 Å². The highest BCUT2D eigenvalue weighted by atomic mass is 19.4. The predicted molar refractivity (Wildman–Crippen MR) is 73.1 cm³/mol. The number of halogens is 3. The number of hydrogen-bond donors (Lipinski definition) is 1. The number of nitrogens with zero attached hydrogens (tertiary/aromatic N) is 1. The Kier molecular flexibility index (Phi) is 3.08. The quantitative estimate of drug-likeness (QED) is 0.766.